The quantitative estimate of drug-likeness (QED) is 0.448. The number of nitrogens with one attached hydrogen (secondary N) is 2. The van der Waals surface area contributed by atoms with E-state index in [0.29, 0.717) is 28.9 Å². The number of aliphatic hydroxyl groups is 1. The molecule has 1 fully saturated rings. The summed E-state index contributed by atoms with van der Waals surface area (Å²) in [4.78, 5) is 13.2. The van der Waals surface area contributed by atoms with Crippen molar-refractivity contribution in [1.29, 1.82) is 0 Å². The van der Waals surface area contributed by atoms with Crippen LogP contribution in [-0.2, 0) is 10.3 Å². The van der Waals surface area contributed by atoms with Crippen molar-refractivity contribution in [1.82, 2.24) is 10.6 Å². The Balaban J connectivity index is 2.11. The third kappa shape index (κ3) is 5.24. The summed E-state index contributed by atoms with van der Waals surface area (Å²) in [5, 5.41) is 16.8. The Morgan fingerprint density at radius 3 is 2.52 bits per heavy atom. The predicted octanol–water partition coefficient (Wildman–Crippen LogP) is 3.82. The van der Waals surface area contributed by atoms with E-state index in [1.165, 1.54) is 0 Å². The lowest BCUT2D eigenvalue weighted by Crippen LogP contribution is -2.51. The Bertz CT molecular complexity index is 891. The highest BCUT2D eigenvalue weighted by molar-refractivity contribution is 6.30. The highest BCUT2D eigenvalue weighted by atomic mass is 35.5. The molecule has 2 aromatic carbocycles. The smallest absolute Gasteiger partial charge is 0.237 e. The van der Waals surface area contributed by atoms with Gasteiger partial charge >= 0.3 is 0 Å². The minimum absolute atomic E-state index is 0.0255. The molecule has 168 valence electrons. The van der Waals surface area contributed by atoms with Gasteiger partial charge in [-0.2, -0.15) is 0 Å². The van der Waals surface area contributed by atoms with Gasteiger partial charge in [-0.1, -0.05) is 61.3 Å². The molecule has 0 radical (unpaired) electrons. The van der Waals surface area contributed by atoms with Gasteiger partial charge < -0.3 is 21.5 Å². The van der Waals surface area contributed by atoms with Crippen molar-refractivity contribution in [2.24, 2.45) is 11.7 Å². The largest absolute Gasteiger partial charge is 0.396 e. The zero-order valence-electron chi connectivity index (χ0n) is 17.9. The maximum Gasteiger partial charge on any atom is 0.237 e. The Labute approximate surface area is 194 Å². The number of halogens is 2. The van der Waals surface area contributed by atoms with Crippen LogP contribution in [0.3, 0.4) is 0 Å². The maximum absolute atomic E-state index is 13.2. The molecule has 5 nitrogen and oxygen atoms in total. The highest BCUT2D eigenvalue weighted by Gasteiger charge is 2.56. The standard InChI is InChI=1S/C24H31Cl2N3O2/c1-15(2)13-20-24(27,17-7-9-18(25)10-8-17)21(16-5-3-6-19(26)14-16)22(29-20)23(31)28-11-4-12-30/h3,5-10,14-15,20-22,29-30H,4,11-13,27H2,1-2H3,(H,28,31)/t20-,21-,22+,24+/m0/s1. The van der Waals surface area contributed by atoms with Crippen LogP contribution in [0.4, 0.5) is 0 Å². The third-order valence-corrected chi connectivity index (χ3v) is 6.47. The molecule has 31 heavy (non-hydrogen) atoms. The molecule has 3 rings (SSSR count). The first-order valence-electron chi connectivity index (χ1n) is 10.7. The number of benzene rings is 2. The first kappa shape index (κ1) is 24.0. The van der Waals surface area contributed by atoms with Crippen LogP contribution in [0.1, 0.15) is 43.7 Å². The molecule has 7 heteroatoms. The second-order valence-corrected chi connectivity index (χ2v) is 9.54. The van der Waals surface area contributed by atoms with Crippen LogP contribution < -0.4 is 16.4 Å². The van der Waals surface area contributed by atoms with E-state index < -0.39 is 11.6 Å². The molecule has 0 bridgehead atoms. The monoisotopic (exact) mass is 463 g/mol. The Morgan fingerprint density at radius 2 is 1.90 bits per heavy atom. The van der Waals surface area contributed by atoms with Gasteiger partial charge in [-0.3, -0.25) is 4.79 Å². The van der Waals surface area contributed by atoms with Crippen LogP contribution in [0, 0.1) is 5.92 Å². The van der Waals surface area contributed by atoms with Gasteiger partial charge in [-0.05, 0) is 54.2 Å². The van der Waals surface area contributed by atoms with E-state index in [4.69, 9.17) is 34.0 Å². The normalized spacial score (nSPS) is 25.7. The van der Waals surface area contributed by atoms with E-state index in [1.54, 1.807) is 0 Å². The van der Waals surface area contributed by atoms with E-state index in [0.717, 1.165) is 17.5 Å². The summed E-state index contributed by atoms with van der Waals surface area (Å²) >= 11 is 12.5. The van der Waals surface area contributed by atoms with Gasteiger partial charge in [0, 0.05) is 35.2 Å². The zero-order valence-corrected chi connectivity index (χ0v) is 19.5. The maximum atomic E-state index is 13.2. The number of rotatable bonds is 8. The molecule has 0 aromatic heterocycles. The molecule has 0 unspecified atom stereocenters. The van der Waals surface area contributed by atoms with Gasteiger partial charge in [-0.15, -0.1) is 0 Å². The SMILES string of the molecule is CC(C)C[C@@H]1N[C@@H](C(=O)NCCCO)[C@H](c2cccc(Cl)c2)[C@@]1(N)c1ccc(Cl)cc1. The first-order chi connectivity index (χ1) is 14.8. The van der Waals surface area contributed by atoms with E-state index >= 15 is 0 Å². The molecule has 0 aliphatic carbocycles. The number of hydrogen-bond donors (Lipinski definition) is 4. The number of amides is 1. The number of aliphatic hydroxyl groups excluding tert-OH is 1. The van der Waals surface area contributed by atoms with Gasteiger partial charge in [-0.25, -0.2) is 0 Å². The van der Waals surface area contributed by atoms with Crippen LogP contribution in [0.5, 0.6) is 0 Å². The molecule has 1 amide bonds. The summed E-state index contributed by atoms with van der Waals surface area (Å²) in [5.41, 5.74) is 8.25. The molecular weight excluding hydrogens is 433 g/mol. The van der Waals surface area contributed by atoms with Crippen LogP contribution in [0.25, 0.3) is 0 Å². The fraction of sp³-hybridized carbons (Fsp3) is 0.458. The summed E-state index contributed by atoms with van der Waals surface area (Å²) in [6, 6.07) is 14.4. The zero-order chi connectivity index (χ0) is 22.6. The van der Waals surface area contributed by atoms with Crippen molar-refractivity contribution in [3.05, 3.63) is 69.7 Å². The van der Waals surface area contributed by atoms with Crippen LogP contribution >= 0.6 is 23.2 Å². The number of carbonyl (C=O) groups excluding carboxylic acids is 1. The topological polar surface area (TPSA) is 87.4 Å². The lowest BCUT2D eigenvalue weighted by molar-refractivity contribution is -0.123. The van der Waals surface area contributed by atoms with E-state index in [9.17, 15) is 4.79 Å². The van der Waals surface area contributed by atoms with Crippen molar-refractivity contribution in [3.63, 3.8) is 0 Å². The summed E-state index contributed by atoms with van der Waals surface area (Å²) in [6.45, 7) is 4.72. The van der Waals surface area contributed by atoms with Crippen LogP contribution in [0.2, 0.25) is 10.0 Å². The van der Waals surface area contributed by atoms with Crippen molar-refractivity contribution >= 4 is 29.1 Å². The van der Waals surface area contributed by atoms with Gasteiger partial charge in [0.1, 0.15) is 0 Å². The summed E-state index contributed by atoms with van der Waals surface area (Å²) in [5.74, 6) is -0.0948. The summed E-state index contributed by atoms with van der Waals surface area (Å²) < 4.78 is 0. The molecule has 0 spiro atoms. The molecule has 2 aromatic rings. The highest BCUT2D eigenvalue weighted by Crippen LogP contribution is 2.47. The third-order valence-electron chi connectivity index (χ3n) is 5.98. The molecular formula is C24H31Cl2N3O2. The Kier molecular flexibility index (Phi) is 8.00. The second kappa shape index (κ2) is 10.3. The molecule has 0 saturated carbocycles. The van der Waals surface area contributed by atoms with Crippen molar-refractivity contribution in [2.45, 2.75) is 50.2 Å². The Hall–Kier alpha value is -1.63. The van der Waals surface area contributed by atoms with Crippen LogP contribution in [-0.4, -0.2) is 36.2 Å². The average Bonchev–Trinajstić information content (AvgIpc) is 3.01. The molecule has 1 aliphatic heterocycles. The van der Waals surface area contributed by atoms with E-state index in [2.05, 4.69) is 24.5 Å². The van der Waals surface area contributed by atoms with Crippen molar-refractivity contribution in [3.8, 4) is 0 Å². The molecule has 4 atom stereocenters. The lowest BCUT2D eigenvalue weighted by atomic mass is 9.70. The Morgan fingerprint density at radius 1 is 1.19 bits per heavy atom. The average molecular weight is 464 g/mol. The van der Waals surface area contributed by atoms with Gasteiger partial charge in [0.25, 0.3) is 0 Å². The fourth-order valence-corrected chi connectivity index (χ4v) is 4.92. The number of hydrogen-bond acceptors (Lipinski definition) is 4. The van der Waals surface area contributed by atoms with Gasteiger partial charge in [0.05, 0.1) is 11.6 Å². The summed E-state index contributed by atoms with van der Waals surface area (Å²) in [6.07, 6.45) is 1.30. The molecule has 1 aliphatic rings. The predicted molar refractivity (Wildman–Crippen MR) is 126 cm³/mol. The minimum Gasteiger partial charge on any atom is -0.396 e. The van der Waals surface area contributed by atoms with Gasteiger partial charge in [0.15, 0.2) is 0 Å². The number of carbonyl (C=O) groups is 1. The molecule has 1 saturated heterocycles. The summed E-state index contributed by atoms with van der Waals surface area (Å²) in [7, 11) is 0. The van der Waals surface area contributed by atoms with Crippen molar-refractivity contribution in [2.75, 3.05) is 13.2 Å². The molecule has 5 N–H and O–H groups in total. The fourth-order valence-electron chi connectivity index (χ4n) is 4.59. The lowest BCUT2D eigenvalue weighted by Gasteiger charge is -2.38. The first-order valence-corrected chi connectivity index (χ1v) is 11.5. The molecule has 1 heterocycles. The van der Waals surface area contributed by atoms with Crippen LogP contribution in [0.15, 0.2) is 48.5 Å². The number of nitrogens with two attached hydrogens (primary N) is 1. The van der Waals surface area contributed by atoms with E-state index in [1.807, 2.05) is 48.5 Å². The second-order valence-electron chi connectivity index (χ2n) is 8.67. The minimum atomic E-state index is -0.849. The van der Waals surface area contributed by atoms with Gasteiger partial charge in [0.2, 0.25) is 5.91 Å². The van der Waals surface area contributed by atoms with Crippen molar-refractivity contribution < 1.29 is 9.90 Å². The van der Waals surface area contributed by atoms with E-state index in [-0.39, 0.29) is 24.5 Å².